The number of hydrogen-bond donors (Lipinski definition) is 0. The summed E-state index contributed by atoms with van der Waals surface area (Å²) in [5.41, 5.74) is -0.896. The lowest BCUT2D eigenvalue weighted by atomic mass is 9.99. The maximum absolute atomic E-state index is 13.7. The van der Waals surface area contributed by atoms with E-state index in [0.717, 1.165) is 6.07 Å². The standard InChI is InChI=1S/C25H25ClF2N2O4/c1-25(2,3)34-24(32)20(12-16-7-5-6-10-29-16)30-14-21(33-4)19(13-22(30)31)18-11-15(26)8-9-17(18)23(27)28/h5-11,13-14,20,23H,12H2,1-4H3. The zero-order valence-electron chi connectivity index (χ0n) is 19.2. The molecule has 1 unspecified atom stereocenters. The average Bonchev–Trinajstić information content (AvgIpc) is 2.76. The van der Waals surface area contributed by atoms with Gasteiger partial charge in [-0.3, -0.25) is 14.3 Å². The monoisotopic (exact) mass is 490 g/mol. The number of pyridine rings is 2. The van der Waals surface area contributed by atoms with Gasteiger partial charge in [0.15, 0.2) is 0 Å². The molecule has 2 aromatic heterocycles. The molecule has 180 valence electrons. The molecule has 0 spiro atoms. The number of carbonyl (C=O) groups is 1. The highest BCUT2D eigenvalue weighted by Gasteiger charge is 2.29. The molecule has 0 aliphatic heterocycles. The first kappa shape index (κ1) is 25.4. The Morgan fingerprint density at radius 1 is 1.15 bits per heavy atom. The van der Waals surface area contributed by atoms with Crippen molar-refractivity contribution in [1.29, 1.82) is 0 Å². The van der Waals surface area contributed by atoms with Crippen molar-refractivity contribution in [3.05, 3.63) is 81.5 Å². The summed E-state index contributed by atoms with van der Waals surface area (Å²) in [6.07, 6.45) is 0.195. The van der Waals surface area contributed by atoms with E-state index in [-0.39, 0.29) is 33.9 Å². The highest BCUT2D eigenvalue weighted by molar-refractivity contribution is 6.30. The van der Waals surface area contributed by atoms with E-state index in [4.69, 9.17) is 21.1 Å². The highest BCUT2D eigenvalue weighted by Crippen LogP contribution is 2.37. The predicted octanol–water partition coefficient (Wildman–Crippen LogP) is 5.64. The van der Waals surface area contributed by atoms with Crippen LogP contribution in [0.15, 0.2) is 59.7 Å². The fourth-order valence-corrected chi connectivity index (χ4v) is 3.65. The van der Waals surface area contributed by atoms with Gasteiger partial charge in [0.05, 0.1) is 13.3 Å². The van der Waals surface area contributed by atoms with E-state index >= 15 is 0 Å². The maximum atomic E-state index is 13.7. The van der Waals surface area contributed by atoms with Crippen LogP contribution in [0.1, 0.15) is 44.5 Å². The smallest absolute Gasteiger partial charge is 0.330 e. The molecule has 0 fully saturated rings. The molecule has 0 aliphatic carbocycles. The predicted molar refractivity (Wildman–Crippen MR) is 125 cm³/mol. The molecular formula is C25H25ClF2N2O4. The van der Waals surface area contributed by atoms with Gasteiger partial charge in [-0.15, -0.1) is 0 Å². The Bertz CT molecular complexity index is 1220. The fourth-order valence-electron chi connectivity index (χ4n) is 3.48. The number of aromatic nitrogens is 2. The molecular weight excluding hydrogens is 466 g/mol. The minimum absolute atomic E-state index is 0.0714. The number of carbonyl (C=O) groups excluding carboxylic acids is 1. The zero-order valence-corrected chi connectivity index (χ0v) is 20.0. The molecule has 0 bridgehead atoms. The summed E-state index contributed by atoms with van der Waals surface area (Å²) in [5.74, 6) is -0.510. The van der Waals surface area contributed by atoms with Crippen LogP contribution in [0.5, 0.6) is 5.75 Å². The quantitative estimate of drug-likeness (QED) is 0.401. The van der Waals surface area contributed by atoms with E-state index in [1.165, 1.54) is 36.1 Å². The van der Waals surface area contributed by atoms with E-state index in [1.54, 1.807) is 45.2 Å². The number of esters is 1. The van der Waals surface area contributed by atoms with Gasteiger partial charge in [-0.2, -0.15) is 0 Å². The van der Waals surface area contributed by atoms with Gasteiger partial charge < -0.3 is 9.47 Å². The van der Waals surface area contributed by atoms with Gasteiger partial charge >= 0.3 is 5.97 Å². The van der Waals surface area contributed by atoms with Crippen molar-refractivity contribution < 1.29 is 23.0 Å². The molecule has 2 heterocycles. The fraction of sp³-hybridized carbons (Fsp3) is 0.320. The SMILES string of the molecule is COc1cn(C(Cc2ccccn2)C(=O)OC(C)(C)C)c(=O)cc1-c1cc(Cl)ccc1C(F)F. The number of ether oxygens (including phenoxy) is 2. The summed E-state index contributed by atoms with van der Waals surface area (Å²) < 4.78 is 39.5. The molecule has 0 aliphatic rings. The number of benzene rings is 1. The summed E-state index contributed by atoms with van der Waals surface area (Å²) >= 11 is 6.04. The summed E-state index contributed by atoms with van der Waals surface area (Å²) in [4.78, 5) is 30.5. The molecule has 0 radical (unpaired) electrons. The molecule has 0 saturated carbocycles. The first-order valence-electron chi connectivity index (χ1n) is 10.5. The van der Waals surface area contributed by atoms with Crippen LogP contribution in [0.3, 0.4) is 0 Å². The molecule has 3 rings (SSSR count). The summed E-state index contributed by atoms with van der Waals surface area (Å²) in [6.45, 7) is 5.17. The summed E-state index contributed by atoms with van der Waals surface area (Å²) in [6, 6.07) is 9.25. The van der Waals surface area contributed by atoms with Crippen molar-refractivity contribution in [3.63, 3.8) is 0 Å². The molecule has 0 N–H and O–H groups in total. The van der Waals surface area contributed by atoms with Gasteiger partial charge in [0, 0.05) is 40.5 Å². The van der Waals surface area contributed by atoms with E-state index in [1.807, 2.05) is 0 Å². The molecule has 1 atom stereocenters. The molecule has 3 aromatic rings. The normalized spacial score (nSPS) is 12.5. The zero-order chi connectivity index (χ0) is 25.0. The van der Waals surface area contributed by atoms with Crippen molar-refractivity contribution >= 4 is 17.6 Å². The summed E-state index contributed by atoms with van der Waals surface area (Å²) in [7, 11) is 1.35. The second kappa shape index (κ2) is 10.3. The number of halogens is 3. The van der Waals surface area contributed by atoms with Crippen LogP contribution in [-0.2, 0) is 16.0 Å². The van der Waals surface area contributed by atoms with Crippen molar-refractivity contribution in [2.24, 2.45) is 0 Å². The molecule has 34 heavy (non-hydrogen) atoms. The largest absolute Gasteiger partial charge is 0.495 e. The van der Waals surface area contributed by atoms with Crippen LogP contribution in [0.4, 0.5) is 8.78 Å². The Balaban J connectivity index is 2.16. The lowest BCUT2D eigenvalue weighted by Gasteiger charge is -2.25. The Labute approximate surface area is 201 Å². The molecule has 6 nitrogen and oxygen atoms in total. The number of methoxy groups -OCH3 is 1. The maximum Gasteiger partial charge on any atom is 0.330 e. The number of rotatable bonds is 7. The van der Waals surface area contributed by atoms with Crippen LogP contribution >= 0.6 is 11.6 Å². The number of hydrogen-bond acceptors (Lipinski definition) is 5. The summed E-state index contributed by atoms with van der Waals surface area (Å²) in [5, 5.41) is 0.229. The van der Waals surface area contributed by atoms with Gasteiger partial charge in [0.25, 0.3) is 12.0 Å². The minimum atomic E-state index is -2.79. The Kier molecular flexibility index (Phi) is 7.71. The second-order valence-corrected chi connectivity index (χ2v) is 9.04. The third-order valence-corrected chi connectivity index (χ3v) is 5.18. The first-order valence-corrected chi connectivity index (χ1v) is 10.9. The lowest BCUT2D eigenvalue weighted by molar-refractivity contribution is -0.159. The lowest BCUT2D eigenvalue weighted by Crippen LogP contribution is -2.36. The third kappa shape index (κ3) is 5.99. The van der Waals surface area contributed by atoms with Gasteiger partial charge in [-0.25, -0.2) is 13.6 Å². The molecule has 0 saturated heterocycles. The third-order valence-electron chi connectivity index (χ3n) is 4.95. The Hall–Kier alpha value is -3.26. The number of nitrogens with zero attached hydrogens (tertiary/aromatic N) is 2. The van der Waals surface area contributed by atoms with Gasteiger partial charge in [-0.05, 0) is 50.6 Å². The van der Waals surface area contributed by atoms with Gasteiger partial charge in [-0.1, -0.05) is 23.7 Å². The topological polar surface area (TPSA) is 70.4 Å². The van der Waals surface area contributed by atoms with Crippen molar-refractivity contribution in [1.82, 2.24) is 9.55 Å². The van der Waals surface area contributed by atoms with Gasteiger partial charge in [0.1, 0.15) is 17.4 Å². The second-order valence-electron chi connectivity index (χ2n) is 8.61. The average molecular weight is 491 g/mol. The Morgan fingerprint density at radius 3 is 2.47 bits per heavy atom. The van der Waals surface area contributed by atoms with Crippen molar-refractivity contribution in [2.75, 3.05) is 7.11 Å². The van der Waals surface area contributed by atoms with Crippen LogP contribution in [0, 0.1) is 0 Å². The van der Waals surface area contributed by atoms with Crippen LogP contribution < -0.4 is 10.3 Å². The van der Waals surface area contributed by atoms with E-state index in [9.17, 15) is 18.4 Å². The molecule has 0 amide bonds. The highest BCUT2D eigenvalue weighted by atomic mass is 35.5. The molecule has 9 heteroatoms. The van der Waals surface area contributed by atoms with E-state index in [2.05, 4.69) is 4.98 Å². The van der Waals surface area contributed by atoms with E-state index < -0.39 is 29.6 Å². The molecule has 1 aromatic carbocycles. The Morgan fingerprint density at radius 2 is 1.88 bits per heavy atom. The van der Waals surface area contributed by atoms with Crippen molar-refractivity contribution in [3.8, 4) is 16.9 Å². The van der Waals surface area contributed by atoms with Crippen LogP contribution in [0.2, 0.25) is 5.02 Å². The van der Waals surface area contributed by atoms with Crippen molar-refractivity contribution in [2.45, 2.75) is 45.3 Å². The number of alkyl halides is 2. The van der Waals surface area contributed by atoms with Gasteiger partial charge in [0.2, 0.25) is 0 Å². The van der Waals surface area contributed by atoms with Crippen LogP contribution in [-0.4, -0.2) is 28.2 Å². The van der Waals surface area contributed by atoms with E-state index in [0.29, 0.717) is 5.69 Å². The van der Waals surface area contributed by atoms with Crippen LogP contribution in [0.25, 0.3) is 11.1 Å². The minimum Gasteiger partial charge on any atom is -0.495 e. The first-order chi connectivity index (χ1) is 16.0.